The van der Waals surface area contributed by atoms with Gasteiger partial charge in [-0.15, -0.1) is 0 Å². The number of carbonyl (C=O) groups excluding carboxylic acids is 1. The average Bonchev–Trinajstić information content (AvgIpc) is 3.46. The quantitative estimate of drug-likeness (QED) is 0.412. The van der Waals surface area contributed by atoms with Crippen LogP contribution in [0, 0.1) is 12.7 Å². The maximum atomic E-state index is 14.9. The fourth-order valence-corrected chi connectivity index (χ4v) is 4.76. The molecule has 3 heterocycles. The van der Waals surface area contributed by atoms with Gasteiger partial charge in [-0.05, 0) is 44.4 Å². The summed E-state index contributed by atoms with van der Waals surface area (Å²) in [6.07, 6.45) is 1.20. The van der Waals surface area contributed by atoms with Crippen molar-refractivity contribution < 1.29 is 27.4 Å². The van der Waals surface area contributed by atoms with Crippen LogP contribution < -0.4 is 10.6 Å². The molecule has 0 unspecified atom stereocenters. The molecular weight excluding hydrogens is 499 g/mol. The molecule has 5 rings (SSSR count). The fourth-order valence-electron chi connectivity index (χ4n) is 4.76. The average molecular weight is 528 g/mol. The van der Waals surface area contributed by atoms with Gasteiger partial charge in [-0.1, -0.05) is 18.2 Å². The second-order valence-electron chi connectivity index (χ2n) is 9.51. The summed E-state index contributed by atoms with van der Waals surface area (Å²) in [7, 11) is 0. The molecule has 200 valence electrons. The molecule has 2 aliphatic rings. The van der Waals surface area contributed by atoms with Crippen LogP contribution in [0.25, 0.3) is 0 Å². The van der Waals surface area contributed by atoms with Crippen molar-refractivity contribution in [1.82, 2.24) is 20.3 Å². The highest BCUT2D eigenvalue weighted by Crippen LogP contribution is 2.45. The number of amides is 1. The lowest BCUT2D eigenvalue weighted by Crippen LogP contribution is -2.36. The molecule has 3 aromatic rings. The van der Waals surface area contributed by atoms with E-state index >= 15 is 0 Å². The van der Waals surface area contributed by atoms with E-state index in [0.29, 0.717) is 30.3 Å². The molecule has 1 amide bonds. The highest BCUT2D eigenvalue weighted by molar-refractivity contribution is 5.80. The summed E-state index contributed by atoms with van der Waals surface area (Å²) in [5, 5.41) is 6.25. The van der Waals surface area contributed by atoms with E-state index in [4.69, 9.17) is 9.47 Å². The summed E-state index contributed by atoms with van der Waals surface area (Å²) < 4.78 is 52.9. The van der Waals surface area contributed by atoms with Crippen molar-refractivity contribution in [3.05, 3.63) is 82.3 Å². The van der Waals surface area contributed by atoms with Crippen molar-refractivity contribution in [2.75, 3.05) is 18.5 Å². The van der Waals surface area contributed by atoms with E-state index in [1.165, 1.54) is 12.1 Å². The van der Waals surface area contributed by atoms with E-state index in [-0.39, 0.29) is 23.7 Å². The summed E-state index contributed by atoms with van der Waals surface area (Å²) in [4.78, 5) is 26.3. The van der Waals surface area contributed by atoms with Crippen LogP contribution in [0.1, 0.15) is 72.3 Å². The molecular formula is C27H28F3N5O3. The first-order chi connectivity index (χ1) is 18.3. The number of aryl methyl sites for hydroxylation is 1. The Morgan fingerprint density at radius 2 is 1.79 bits per heavy atom. The van der Waals surface area contributed by atoms with Crippen LogP contribution >= 0.6 is 0 Å². The van der Waals surface area contributed by atoms with Gasteiger partial charge in [0.1, 0.15) is 17.5 Å². The number of nitrogens with one attached hydrogen (secondary N) is 2. The first-order valence-corrected chi connectivity index (χ1v) is 12.4. The Hall–Kier alpha value is -3.57. The molecule has 11 heteroatoms. The molecule has 1 atom stereocenters. The van der Waals surface area contributed by atoms with Crippen LogP contribution in [0.15, 0.2) is 42.7 Å². The Balaban J connectivity index is 1.43. The van der Waals surface area contributed by atoms with Gasteiger partial charge >= 0.3 is 0 Å². The number of pyridine rings is 1. The zero-order valence-electron chi connectivity index (χ0n) is 21.0. The van der Waals surface area contributed by atoms with Crippen molar-refractivity contribution >= 4 is 11.7 Å². The van der Waals surface area contributed by atoms with Crippen LogP contribution in [-0.2, 0) is 26.2 Å². The third-order valence-corrected chi connectivity index (χ3v) is 6.80. The van der Waals surface area contributed by atoms with Gasteiger partial charge in [0, 0.05) is 18.0 Å². The van der Waals surface area contributed by atoms with Gasteiger partial charge < -0.3 is 20.1 Å². The molecule has 38 heavy (non-hydrogen) atoms. The van der Waals surface area contributed by atoms with Gasteiger partial charge in [0.15, 0.2) is 6.29 Å². The largest absolute Gasteiger partial charge is 0.363 e. The number of anilines is 1. The van der Waals surface area contributed by atoms with Crippen LogP contribution in [0.3, 0.4) is 0 Å². The molecule has 2 aromatic heterocycles. The normalized spacial score (nSPS) is 17.4. The first-order valence-electron chi connectivity index (χ1n) is 12.4. The Morgan fingerprint density at radius 1 is 1.11 bits per heavy atom. The van der Waals surface area contributed by atoms with Gasteiger partial charge in [-0.3, -0.25) is 9.78 Å². The number of aromatic nitrogens is 3. The minimum Gasteiger partial charge on any atom is -0.363 e. The zero-order chi connectivity index (χ0) is 26.9. The summed E-state index contributed by atoms with van der Waals surface area (Å²) >= 11 is 0. The first kappa shape index (κ1) is 26.1. The number of rotatable bonds is 9. The number of hydrogen-bond acceptors (Lipinski definition) is 7. The highest BCUT2D eigenvalue weighted by atomic mass is 19.3. The predicted molar refractivity (Wildman–Crippen MR) is 132 cm³/mol. The SMILES string of the molecule is Cc1nc(CC(=O)NC2(c3ccncc3)CC2)c(C2OCCO2)c(N[C@H](C)c2cccc(C(F)F)c2F)n1. The summed E-state index contributed by atoms with van der Waals surface area (Å²) in [5.41, 5.74) is 0.791. The van der Waals surface area contributed by atoms with E-state index in [0.717, 1.165) is 24.5 Å². The second-order valence-corrected chi connectivity index (χ2v) is 9.51. The summed E-state index contributed by atoms with van der Waals surface area (Å²) in [6, 6.07) is 6.94. The highest BCUT2D eigenvalue weighted by Gasteiger charge is 2.45. The van der Waals surface area contributed by atoms with E-state index in [2.05, 4.69) is 25.6 Å². The van der Waals surface area contributed by atoms with Gasteiger partial charge in [-0.25, -0.2) is 23.1 Å². The number of alkyl halides is 2. The lowest BCUT2D eigenvalue weighted by Gasteiger charge is -2.23. The number of benzene rings is 1. The van der Waals surface area contributed by atoms with Gasteiger partial charge in [-0.2, -0.15) is 0 Å². The zero-order valence-corrected chi connectivity index (χ0v) is 21.0. The van der Waals surface area contributed by atoms with Crippen molar-refractivity contribution in [1.29, 1.82) is 0 Å². The third-order valence-electron chi connectivity index (χ3n) is 6.80. The maximum absolute atomic E-state index is 14.9. The molecule has 0 bridgehead atoms. The number of hydrogen-bond donors (Lipinski definition) is 2. The van der Waals surface area contributed by atoms with Crippen LogP contribution in [-0.4, -0.2) is 34.1 Å². The molecule has 0 spiro atoms. The van der Waals surface area contributed by atoms with Crippen LogP contribution in [0.2, 0.25) is 0 Å². The van der Waals surface area contributed by atoms with E-state index in [1.807, 2.05) is 12.1 Å². The van der Waals surface area contributed by atoms with Gasteiger partial charge in [0.25, 0.3) is 6.43 Å². The van der Waals surface area contributed by atoms with Crippen LogP contribution in [0.5, 0.6) is 0 Å². The Bertz CT molecular complexity index is 1310. The fraction of sp³-hybridized carbons (Fsp3) is 0.407. The minimum atomic E-state index is -2.94. The molecule has 2 fully saturated rings. The molecule has 1 aliphatic heterocycles. The van der Waals surface area contributed by atoms with E-state index in [1.54, 1.807) is 26.2 Å². The summed E-state index contributed by atoms with van der Waals surface area (Å²) in [5.74, 6) is -0.543. The van der Waals surface area contributed by atoms with E-state index < -0.39 is 35.7 Å². The number of halogens is 3. The summed E-state index contributed by atoms with van der Waals surface area (Å²) in [6.45, 7) is 4.00. The van der Waals surface area contributed by atoms with Crippen molar-refractivity contribution in [2.24, 2.45) is 0 Å². The standard InChI is InChI=1S/C27H28F3N5O3/c1-15(18-4-3-5-19(23(18)28)24(29)30)32-25-22(26-37-12-13-38-26)20(33-16(2)34-25)14-21(36)35-27(8-9-27)17-6-10-31-11-7-17/h3-7,10-11,15,24,26H,8-9,12-14H2,1-2H3,(H,35,36)(H,32,33,34)/t15-/m1/s1. The monoisotopic (exact) mass is 527 g/mol. The smallest absolute Gasteiger partial charge is 0.266 e. The molecule has 1 saturated heterocycles. The van der Waals surface area contributed by atoms with Crippen molar-refractivity contribution in [3.63, 3.8) is 0 Å². The van der Waals surface area contributed by atoms with Gasteiger partial charge in [0.05, 0.1) is 48.0 Å². The topological polar surface area (TPSA) is 98.3 Å². The lowest BCUT2D eigenvalue weighted by atomic mass is 10.0. The van der Waals surface area contributed by atoms with Crippen molar-refractivity contribution in [3.8, 4) is 0 Å². The number of ether oxygens (including phenoxy) is 2. The van der Waals surface area contributed by atoms with Crippen LogP contribution in [0.4, 0.5) is 19.0 Å². The number of carbonyl (C=O) groups is 1. The molecule has 2 N–H and O–H groups in total. The number of nitrogens with zero attached hydrogens (tertiary/aromatic N) is 3. The molecule has 1 saturated carbocycles. The molecule has 0 radical (unpaired) electrons. The lowest BCUT2D eigenvalue weighted by molar-refractivity contribution is -0.121. The molecule has 1 aliphatic carbocycles. The second kappa shape index (κ2) is 10.7. The molecule has 8 nitrogen and oxygen atoms in total. The Kier molecular flexibility index (Phi) is 7.31. The maximum Gasteiger partial charge on any atom is 0.266 e. The van der Waals surface area contributed by atoms with Crippen molar-refractivity contribution in [2.45, 2.75) is 57.4 Å². The van der Waals surface area contributed by atoms with E-state index in [9.17, 15) is 18.0 Å². The third kappa shape index (κ3) is 5.34. The van der Waals surface area contributed by atoms with Gasteiger partial charge in [0.2, 0.25) is 5.91 Å². The minimum absolute atomic E-state index is 0.0607. The predicted octanol–water partition coefficient (Wildman–Crippen LogP) is 4.82. The Labute approximate surface area is 218 Å². The molecule has 1 aromatic carbocycles. The Morgan fingerprint density at radius 3 is 2.45 bits per heavy atom.